The molecule has 12 heteroatoms. The van der Waals surface area contributed by atoms with E-state index in [4.69, 9.17) is 19.3 Å². The summed E-state index contributed by atoms with van der Waals surface area (Å²) < 4.78 is 15.6. The zero-order chi connectivity index (χ0) is 19.0. The number of hydrogen-bond donors (Lipinski definition) is 2. The number of amides is 1. The second kappa shape index (κ2) is 9.66. The molecule has 0 saturated heterocycles. The smallest absolute Gasteiger partial charge is 0.390 e. The molecule has 0 bridgehead atoms. The molecule has 2 N–H and O–H groups in total. The number of ether oxygens (including phenoxy) is 3. The number of rotatable bonds is 10. The first-order valence-corrected chi connectivity index (χ1v) is 7.26. The van der Waals surface area contributed by atoms with Gasteiger partial charge in [0.05, 0.1) is 24.4 Å². The summed E-state index contributed by atoms with van der Waals surface area (Å²) in [5.41, 5.74) is -0.198. The first-order valence-electron chi connectivity index (χ1n) is 7.26. The lowest BCUT2D eigenvalue weighted by Crippen LogP contribution is -2.35. The third kappa shape index (κ3) is 6.45. The van der Waals surface area contributed by atoms with Crippen molar-refractivity contribution in [1.29, 1.82) is 0 Å². The van der Waals surface area contributed by atoms with Crippen LogP contribution in [0.5, 0.6) is 0 Å². The highest BCUT2D eigenvalue weighted by Crippen LogP contribution is 2.13. The predicted octanol–water partition coefficient (Wildman–Crippen LogP) is -0.588. The molecular weight excluding hydrogens is 340 g/mol. The molecule has 0 aliphatic rings. The average molecular weight is 360 g/mol. The molecule has 0 spiro atoms. The van der Waals surface area contributed by atoms with Crippen LogP contribution in [0.15, 0.2) is 6.07 Å². The van der Waals surface area contributed by atoms with Gasteiger partial charge in [0, 0.05) is 7.11 Å². The zero-order valence-corrected chi connectivity index (χ0v) is 14.0. The first-order chi connectivity index (χ1) is 11.8. The van der Waals surface area contributed by atoms with E-state index in [1.165, 1.54) is 14.0 Å². The van der Waals surface area contributed by atoms with Gasteiger partial charge in [-0.3, -0.25) is 4.79 Å². The molecule has 25 heavy (non-hydrogen) atoms. The molecule has 2 unspecified atom stereocenters. The minimum absolute atomic E-state index is 0.0236. The highest BCUT2D eigenvalue weighted by Gasteiger charge is 2.26. The van der Waals surface area contributed by atoms with E-state index in [0.717, 1.165) is 10.7 Å². The largest absolute Gasteiger partial charge is 0.435 e. The van der Waals surface area contributed by atoms with Crippen LogP contribution in [0, 0.1) is 10.1 Å². The quantitative estimate of drug-likeness (QED) is 0.241. The number of nitro groups is 1. The molecule has 1 rings (SSSR count). The van der Waals surface area contributed by atoms with Gasteiger partial charge in [-0.05, 0) is 18.8 Å². The fourth-order valence-corrected chi connectivity index (χ4v) is 1.71. The number of methoxy groups -OCH3 is 1. The lowest BCUT2D eigenvalue weighted by atomic mass is 10.3. The third-order valence-corrected chi connectivity index (χ3v) is 2.89. The molecule has 0 aliphatic heterocycles. The van der Waals surface area contributed by atoms with Crippen LogP contribution in [0.25, 0.3) is 0 Å². The topological polar surface area (TPSA) is 155 Å². The molecule has 1 aromatic heterocycles. The number of carbonyl (C=O) groups is 2. The Balaban J connectivity index is 2.87. The number of hydrogen-bond acceptors (Lipinski definition) is 9. The fraction of sp³-hybridized carbons (Fsp3) is 0.615. The van der Waals surface area contributed by atoms with E-state index in [0.29, 0.717) is 0 Å². The first kappa shape index (κ1) is 20.5. The van der Waals surface area contributed by atoms with E-state index in [9.17, 15) is 19.7 Å². The molecule has 0 radical (unpaired) electrons. The Morgan fingerprint density at radius 2 is 2.16 bits per heavy atom. The molecule has 0 aromatic carbocycles. The van der Waals surface area contributed by atoms with E-state index >= 15 is 0 Å². The van der Waals surface area contributed by atoms with Gasteiger partial charge < -0.3 is 34.7 Å². The SMILES string of the molecule is COC(C)NC(=O)c1cc([N+](=O)[O-])nn1CC(=O)OC(C)OCCO. The van der Waals surface area contributed by atoms with Gasteiger partial charge in [0.1, 0.15) is 6.23 Å². The minimum atomic E-state index is -0.934. The normalized spacial score (nSPS) is 13.1. The Bertz CT molecular complexity index is 617. The highest BCUT2D eigenvalue weighted by atomic mass is 16.7. The molecule has 140 valence electrons. The Hall–Kier alpha value is -2.57. The van der Waals surface area contributed by atoms with Gasteiger partial charge >= 0.3 is 11.8 Å². The van der Waals surface area contributed by atoms with Gasteiger partial charge in [0.15, 0.2) is 18.5 Å². The standard InChI is InChI=1S/C13H20N4O8/c1-8(23-3)14-13(20)10-6-11(17(21)22)15-16(10)7-12(19)25-9(2)24-5-4-18/h6,8-9,18H,4-5,7H2,1-3H3,(H,14,20). The fourth-order valence-electron chi connectivity index (χ4n) is 1.71. The summed E-state index contributed by atoms with van der Waals surface area (Å²) in [4.78, 5) is 34.1. The monoisotopic (exact) mass is 360 g/mol. The Labute approximate surface area is 142 Å². The summed E-state index contributed by atoms with van der Waals surface area (Å²) in [6, 6.07) is 0.941. The summed E-state index contributed by atoms with van der Waals surface area (Å²) in [7, 11) is 1.37. The van der Waals surface area contributed by atoms with E-state index in [2.05, 4.69) is 10.4 Å². The van der Waals surface area contributed by atoms with Crippen molar-refractivity contribution >= 4 is 17.7 Å². The maximum Gasteiger partial charge on any atom is 0.390 e. The van der Waals surface area contributed by atoms with Crippen LogP contribution >= 0.6 is 0 Å². The molecule has 12 nitrogen and oxygen atoms in total. The van der Waals surface area contributed by atoms with E-state index < -0.39 is 41.7 Å². The van der Waals surface area contributed by atoms with E-state index in [1.54, 1.807) is 6.92 Å². The molecule has 0 saturated carbocycles. The summed E-state index contributed by atoms with van der Waals surface area (Å²) in [6.07, 6.45) is -1.58. The molecule has 0 aliphatic carbocycles. The van der Waals surface area contributed by atoms with Crippen LogP contribution in [0.4, 0.5) is 5.82 Å². The van der Waals surface area contributed by atoms with Crippen LogP contribution in [-0.2, 0) is 25.5 Å². The van der Waals surface area contributed by atoms with Crippen LogP contribution in [0.1, 0.15) is 24.3 Å². The maximum absolute atomic E-state index is 12.1. The summed E-state index contributed by atoms with van der Waals surface area (Å²) in [6.45, 7) is 2.19. The van der Waals surface area contributed by atoms with Crippen molar-refractivity contribution in [2.45, 2.75) is 32.9 Å². The average Bonchev–Trinajstić information content (AvgIpc) is 2.96. The predicted molar refractivity (Wildman–Crippen MR) is 81.4 cm³/mol. The number of carbonyl (C=O) groups excluding carboxylic acids is 2. The summed E-state index contributed by atoms with van der Waals surface area (Å²) in [5, 5.41) is 25.5. The van der Waals surface area contributed by atoms with Crippen molar-refractivity contribution in [2.75, 3.05) is 20.3 Å². The van der Waals surface area contributed by atoms with Crippen molar-refractivity contribution in [3.05, 3.63) is 21.9 Å². The van der Waals surface area contributed by atoms with Crippen LogP contribution in [-0.4, -0.2) is 64.5 Å². The number of aliphatic hydroxyl groups excluding tert-OH is 1. The van der Waals surface area contributed by atoms with Crippen molar-refractivity contribution in [1.82, 2.24) is 15.1 Å². The van der Waals surface area contributed by atoms with Gasteiger partial charge in [0.2, 0.25) is 0 Å². The Kier molecular flexibility index (Phi) is 7.91. The zero-order valence-electron chi connectivity index (χ0n) is 14.0. The lowest BCUT2D eigenvalue weighted by Gasteiger charge is -2.13. The van der Waals surface area contributed by atoms with Crippen molar-refractivity contribution in [2.24, 2.45) is 0 Å². The number of aliphatic hydroxyl groups is 1. The molecule has 1 amide bonds. The second-order valence-corrected chi connectivity index (χ2v) is 4.81. The summed E-state index contributed by atoms with van der Waals surface area (Å²) >= 11 is 0. The van der Waals surface area contributed by atoms with Crippen molar-refractivity contribution in [3.63, 3.8) is 0 Å². The van der Waals surface area contributed by atoms with Gasteiger partial charge in [-0.15, -0.1) is 0 Å². The number of nitrogens with one attached hydrogen (secondary N) is 1. The van der Waals surface area contributed by atoms with Crippen molar-refractivity contribution < 1.29 is 33.8 Å². The molecular formula is C13H20N4O8. The van der Waals surface area contributed by atoms with Gasteiger partial charge in [-0.2, -0.15) is 4.68 Å². The number of esters is 1. The van der Waals surface area contributed by atoms with Crippen LogP contribution in [0.3, 0.4) is 0 Å². The van der Waals surface area contributed by atoms with Crippen LogP contribution < -0.4 is 5.32 Å². The molecule has 1 aromatic rings. The Morgan fingerprint density at radius 3 is 2.72 bits per heavy atom. The van der Waals surface area contributed by atoms with Gasteiger partial charge in [-0.1, -0.05) is 0 Å². The highest BCUT2D eigenvalue weighted by molar-refractivity contribution is 5.93. The lowest BCUT2D eigenvalue weighted by molar-refractivity contribution is -0.389. The van der Waals surface area contributed by atoms with Gasteiger partial charge in [-0.25, -0.2) is 4.79 Å². The second-order valence-electron chi connectivity index (χ2n) is 4.81. The number of aromatic nitrogens is 2. The van der Waals surface area contributed by atoms with E-state index in [1.807, 2.05) is 0 Å². The van der Waals surface area contributed by atoms with Crippen molar-refractivity contribution in [3.8, 4) is 0 Å². The molecule has 1 heterocycles. The van der Waals surface area contributed by atoms with Crippen LogP contribution in [0.2, 0.25) is 0 Å². The van der Waals surface area contributed by atoms with E-state index in [-0.39, 0.29) is 18.9 Å². The third-order valence-electron chi connectivity index (χ3n) is 2.89. The molecule has 2 atom stereocenters. The minimum Gasteiger partial charge on any atom is -0.435 e. The number of nitrogens with zero attached hydrogens (tertiary/aromatic N) is 3. The molecule has 0 fully saturated rings. The summed E-state index contributed by atoms with van der Waals surface area (Å²) in [5.74, 6) is -2.11. The van der Waals surface area contributed by atoms with Gasteiger partial charge in [0.25, 0.3) is 5.91 Å². The Morgan fingerprint density at radius 1 is 1.48 bits per heavy atom. The maximum atomic E-state index is 12.1.